The quantitative estimate of drug-likeness (QED) is 0.527. The molecule has 1 saturated heterocycles. The van der Waals surface area contributed by atoms with Crippen molar-refractivity contribution >= 4 is 17.3 Å². The fraction of sp³-hybridized carbons (Fsp3) is 0.360. The molecule has 0 spiro atoms. The van der Waals surface area contributed by atoms with Gasteiger partial charge in [-0.05, 0) is 62.9 Å². The van der Waals surface area contributed by atoms with Crippen molar-refractivity contribution in [1.29, 1.82) is 5.26 Å². The second-order valence-corrected chi connectivity index (χ2v) is 7.92. The molecule has 0 aromatic heterocycles. The Hall–Kier alpha value is -3.26. The van der Waals surface area contributed by atoms with Crippen LogP contribution in [0.5, 0.6) is 0 Å². The van der Waals surface area contributed by atoms with Crippen LogP contribution in [0.2, 0.25) is 0 Å². The number of carbonyl (C=O) groups is 1. The van der Waals surface area contributed by atoms with Crippen LogP contribution < -0.4 is 10.2 Å². The van der Waals surface area contributed by atoms with E-state index in [4.69, 9.17) is 0 Å². The van der Waals surface area contributed by atoms with E-state index in [1.54, 1.807) is 4.90 Å². The highest BCUT2D eigenvalue weighted by atomic mass is 16.2. The van der Waals surface area contributed by atoms with Gasteiger partial charge in [0.25, 0.3) is 5.91 Å². The number of amides is 1. The van der Waals surface area contributed by atoms with Gasteiger partial charge in [0.05, 0.1) is 0 Å². The Bertz CT molecular complexity index is 891. The third-order valence-corrected chi connectivity index (χ3v) is 5.40. The zero-order valence-corrected chi connectivity index (χ0v) is 17.8. The Morgan fingerprint density at radius 2 is 1.77 bits per heavy atom. The first-order valence-corrected chi connectivity index (χ1v) is 10.6. The Morgan fingerprint density at radius 3 is 2.37 bits per heavy atom. The van der Waals surface area contributed by atoms with Crippen molar-refractivity contribution < 1.29 is 4.79 Å². The number of nitrogens with zero attached hydrogens (tertiary/aromatic N) is 3. The summed E-state index contributed by atoms with van der Waals surface area (Å²) in [5, 5.41) is 12.7. The Morgan fingerprint density at radius 1 is 1.10 bits per heavy atom. The number of nitrogens with one attached hydrogen (secondary N) is 1. The molecule has 0 radical (unpaired) electrons. The maximum atomic E-state index is 13.0. The molecule has 5 heteroatoms. The van der Waals surface area contributed by atoms with Crippen molar-refractivity contribution in [2.45, 2.75) is 45.7 Å². The smallest absolute Gasteiger partial charge is 0.266 e. The third-order valence-electron chi connectivity index (χ3n) is 5.40. The summed E-state index contributed by atoms with van der Waals surface area (Å²) in [7, 11) is 0. The second kappa shape index (κ2) is 10.5. The van der Waals surface area contributed by atoms with E-state index in [9.17, 15) is 10.1 Å². The van der Waals surface area contributed by atoms with Crippen molar-refractivity contribution in [3.63, 3.8) is 0 Å². The van der Waals surface area contributed by atoms with Gasteiger partial charge in [-0.3, -0.25) is 4.79 Å². The Balaban J connectivity index is 1.67. The van der Waals surface area contributed by atoms with E-state index in [0.29, 0.717) is 6.54 Å². The fourth-order valence-corrected chi connectivity index (χ4v) is 3.64. The highest BCUT2D eigenvalue weighted by molar-refractivity contribution is 5.97. The van der Waals surface area contributed by atoms with Crippen LogP contribution in [-0.4, -0.2) is 29.9 Å². The summed E-state index contributed by atoms with van der Waals surface area (Å²) in [4.78, 5) is 17.1. The van der Waals surface area contributed by atoms with E-state index in [1.165, 1.54) is 31.1 Å². The average Bonchev–Trinajstić information content (AvgIpc) is 2.79. The van der Waals surface area contributed by atoms with E-state index in [-0.39, 0.29) is 17.5 Å². The number of hydrogen-bond donors (Lipinski definition) is 1. The minimum Gasteiger partial charge on any atom is -0.372 e. The van der Waals surface area contributed by atoms with Gasteiger partial charge in [-0.1, -0.05) is 30.3 Å². The number of carbonyl (C=O) groups excluding carboxylic acids is 1. The Labute approximate surface area is 179 Å². The van der Waals surface area contributed by atoms with Crippen LogP contribution in [0.1, 0.15) is 38.7 Å². The van der Waals surface area contributed by atoms with Crippen LogP contribution in [0.4, 0.5) is 11.4 Å². The first-order valence-electron chi connectivity index (χ1n) is 10.6. The first kappa shape index (κ1) is 21.4. The predicted octanol–water partition coefficient (Wildman–Crippen LogP) is 4.93. The maximum Gasteiger partial charge on any atom is 0.266 e. The predicted molar refractivity (Wildman–Crippen MR) is 122 cm³/mol. The molecule has 1 aliphatic rings. The van der Waals surface area contributed by atoms with E-state index in [2.05, 4.69) is 28.4 Å². The molecule has 2 aromatic rings. The van der Waals surface area contributed by atoms with Gasteiger partial charge < -0.3 is 15.1 Å². The zero-order valence-electron chi connectivity index (χ0n) is 17.8. The molecule has 0 bridgehead atoms. The van der Waals surface area contributed by atoms with Crippen molar-refractivity contribution in [3.05, 3.63) is 71.9 Å². The summed E-state index contributed by atoms with van der Waals surface area (Å²) in [6, 6.07) is 20.0. The van der Waals surface area contributed by atoms with Gasteiger partial charge in [-0.25, -0.2) is 0 Å². The molecule has 2 aromatic carbocycles. The van der Waals surface area contributed by atoms with Gasteiger partial charge in [0.2, 0.25) is 0 Å². The lowest BCUT2D eigenvalue weighted by Crippen LogP contribution is -2.37. The number of anilines is 2. The molecule has 0 saturated carbocycles. The van der Waals surface area contributed by atoms with Crippen LogP contribution in [0.3, 0.4) is 0 Å². The van der Waals surface area contributed by atoms with E-state index in [0.717, 1.165) is 24.3 Å². The molecule has 1 heterocycles. The van der Waals surface area contributed by atoms with Crippen molar-refractivity contribution in [3.8, 4) is 6.07 Å². The standard InChI is InChI=1S/C25H30N4O/c1-20(2)29(19-21-9-5-3-6-10-21)25(30)22(17-26)18-27-23-11-13-24(14-12-23)28-15-7-4-8-16-28/h3,5-6,9-14,18,20,27H,4,7-8,15-16,19H2,1-2H3/b22-18-. The second-order valence-electron chi connectivity index (χ2n) is 7.92. The van der Waals surface area contributed by atoms with Crippen molar-refractivity contribution in [2.24, 2.45) is 0 Å². The number of nitriles is 1. The Kier molecular flexibility index (Phi) is 7.51. The minimum absolute atomic E-state index is 0.0155. The van der Waals surface area contributed by atoms with E-state index >= 15 is 0 Å². The lowest BCUT2D eigenvalue weighted by molar-refractivity contribution is -0.129. The molecule has 1 amide bonds. The van der Waals surface area contributed by atoms with Gasteiger partial charge in [0.15, 0.2) is 0 Å². The highest BCUT2D eigenvalue weighted by Gasteiger charge is 2.21. The van der Waals surface area contributed by atoms with Crippen molar-refractivity contribution in [1.82, 2.24) is 4.90 Å². The number of rotatable bonds is 7. The topological polar surface area (TPSA) is 59.4 Å². The molecule has 1 fully saturated rings. The van der Waals surface area contributed by atoms with Gasteiger partial charge in [0.1, 0.15) is 11.6 Å². The lowest BCUT2D eigenvalue weighted by Gasteiger charge is -2.28. The molecule has 156 valence electrons. The monoisotopic (exact) mass is 402 g/mol. The molecular formula is C25H30N4O. The molecule has 1 aliphatic heterocycles. The van der Waals surface area contributed by atoms with Gasteiger partial charge in [0, 0.05) is 43.3 Å². The first-order chi connectivity index (χ1) is 14.6. The summed E-state index contributed by atoms with van der Waals surface area (Å²) in [5.74, 6) is -0.270. The summed E-state index contributed by atoms with van der Waals surface area (Å²) in [6.45, 7) is 6.60. The summed E-state index contributed by atoms with van der Waals surface area (Å²) >= 11 is 0. The molecule has 5 nitrogen and oxygen atoms in total. The van der Waals surface area contributed by atoms with Crippen molar-refractivity contribution in [2.75, 3.05) is 23.3 Å². The van der Waals surface area contributed by atoms with Crippen LogP contribution in [0, 0.1) is 11.3 Å². The largest absolute Gasteiger partial charge is 0.372 e. The highest BCUT2D eigenvalue weighted by Crippen LogP contribution is 2.22. The molecule has 0 atom stereocenters. The lowest BCUT2D eigenvalue weighted by atomic mass is 10.1. The van der Waals surface area contributed by atoms with E-state index in [1.807, 2.05) is 56.3 Å². The molecular weight excluding hydrogens is 372 g/mol. The summed E-state index contributed by atoms with van der Waals surface area (Å²) in [6.07, 6.45) is 5.31. The summed E-state index contributed by atoms with van der Waals surface area (Å²) in [5.41, 5.74) is 3.21. The molecule has 0 aliphatic carbocycles. The number of piperidine rings is 1. The maximum absolute atomic E-state index is 13.0. The SMILES string of the molecule is CC(C)N(Cc1ccccc1)C(=O)/C(C#N)=C\Nc1ccc(N2CCCCC2)cc1. The molecule has 1 N–H and O–H groups in total. The molecule has 3 rings (SSSR count). The fourth-order valence-electron chi connectivity index (χ4n) is 3.64. The molecule has 0 unspecified atom stereocenters. The van der Waals surface area contributed by atoms with E-state index < -0.39 is 0 Å². The van der Waals surface area contributed by atoms with Crippen LogP contribution in [-0.2, 0) is 11.3 Å². The van der Waals surface area contributed by atoms with Crippen LogP contribution >= 0.6 is 0 Å². The molecule has 30 heavy (non-hydrogen) atoms. The van der Waals surface area contributed by atoms with Crippen LogP contribution in [0.25, 0.3) is 0 Å². The minimum atomic E-state index is -0.270. The zero-order chi connectivity index (χ0) is 21.3. The van der Waals surface area contributed by atoms with Gasteiger partial charge in [-0.15, -0.1) is 0 Å². The number of benzene rings is 2. The van der Waals surface area contributed by atoms with Gasteiger partial charge in [-0.2, -0.15) is 5.26 Å². The van der Waals surface area contributed by atoms with Gasteiger partial charge >= 0.3 is 0 Å². The third kappa shape index (κ3) is 5.64. The number of hydrogen-bond acceptors (Lipinski definition) is 4. The summed E-state index contributed by atoms with van der Waals surface area (Å²) < 4.78 is 0. The average molecular weight is 403 g/mol. The normalized spacial score (nSPS) is 14.3. The van der Waals surface area contributed by atoms with Crippen LogP contribution in [0.15, 0.2) is 66.4 Å².